The first kappa shape index (κ1) is 23.1. The van der Waals surface area contributed by atoms with Crippen LogP contribution >= 0.6 is 11.3 Å². The van der Waals surface area contributed by atoms with Gasteiger partial charge in [-0.25, -0.2) is 4.98 Å². The first-order chi connectivity index (χ1) is 16.6. The van der Waals surface area contributed by atoms with Crippen molar-refractivity contribution in [3.63, 3.8) is 0 Å². The monoisotopic (exact) mass is 481 g/mol. The molecule has 2 aliphatic rings. The summed E-state index contributed by atoms with van der Waals surface area (Å²) >= 11 is 1.60. The molecule has 3 aromatic rings. The molecule has 7 nitrogen and oxygen atoms in total. The van der Waals surface area contributed by atoms with Gasteiger partial charge in [-0.05, 0) is 62.9 Å². The average molecular weight is 482 g/mol. The lowest BCUT2D eigenvalue weighted by molar-refractivity contribution is 0.0855. The Labute approximate surface area is 204 Å². The Morgan fingerprint density at radius 1 is 1.18 bits per heavy atom. The highest BCUT2D eigenvalue weighted by molar-refractivity contribution is 7.13. The van der Waals surface area contributed by atoms with Crippen molar-refractivity contribution in [2.24, 2.45) is 0 Å². The number of carbonyl (C=O) groups excluding carboxylic acids is 1. The molecule has 0 radical (unpaired) electrons. The van der Waals surface area contributed by atoms with Gasteiger partial charge in [0.05, 0.1) is 36.3 Å². The van der Waals surface area contributed by atoms with Crippen LogP contribution in [0.25, 0.3) is 22.0 Å². The van der Waals surface area contributed by atoms with E-state index in [2.05, 4.69) is 15.3 Å². The summed E-state index contributed by atoms with van der Waals surface area (Å²) in [6, 6.07) is 9.89. The number of hydrogen-bond acceptors (Lipinski definition) is 6. The van der Waals surface area contributed by atoms with E-state index in [1.165, 1.54) is 0 Å². The highest BCUT2D eigenvalue weighted by Crippen LogP contribution is 2.33. The van der Waals surface area contributed by atoms with E-state index in [1.807, 2.05) is 37.3 Å². The first-order valence-electron chi connectivity index (χ1n) is 11.9. The number of carbonyl (C=O) groups is 1. The number of amides is 1. The van der Waals surface area contributed by atoms with E-state index in [4.69, 9.17) is 19.2 Å². The number of methoxy groups -OCH3 is 1. The number of benzene rings is 1. The third kappa shape index (κ3) is 4.89. The number of rotatable bonds is 8. The molecule has 0 aliphatic carbocycles. The van der Waals surface area contributed by atoms with E-state index in [0.29, 0.717) is 12.1 Å². The van der Waals surface area contributed by atoms with Crippen molar-refractivity contribution in [2.75, 3.05) is 26.9 Å². The minimum Gasteiger partial charge on any atom is -0.497 e. The highest BCUT2D eigenvalue weighted by atomic mass is 32.1. The number of thiazole rings is 1. The van der Waals surface area contributed by atoms with Gasteiger partial charge in [0.15, 0.2) is 0 Å². The van der Waals surface area contributed by atoms with Crippen molar-refractivity contribution in [2.45, 2.75) is 51.4 Å². The topological polar surface area (TPSA) is 74.6 Å². The zero-order chi connectivity index (χ0) is 23.5. The fourth-order valence-electron chi connectivity index (χ4n) is 4.68. The van der Waals surface area contributed by atoms with E-state index in [-0.39, 0.29) is 18.1 Å². The molecule has 2 unspecified atom stereocenters. The van der Waals surface area contributed by atoms with Crippen molar-refractivity contribution in [1.29, 1.82) is 0 Å². The Morgan fingerprint density at radius 2 is 1.91 bits per heavy atom. The molecule has 34 heavy (non-hydrogen) atoms. The second-order valence-corrected chi connectivity index (χ2v) is 9.74. The van der Waals surface area contributed by atoms with Gasteiger partial charge in [-0.1, -0.05) is 0 Å². The molecule has 0 bridgehead atoms. The molecule has 2 saturated heterocycles. The zero-order valence-electron chi connectivity index (χ0n) is 19.7. The molecule has 2 aromatic heterocycles. The summed E-state index contributed by atoms with van der Waals surface area (Å²) in [6.07, 6.45) is 4.44. The van der Waals surface area contributed by atoms with Gasteiger partial charge < -0.3 is 24.1 Å². The van der Waals surface area contributed by atoms with Gasteiger partial charge in [0.1, 0.15) is 10.8 Å². The SMILES string of the molecule is COc1ccc(-c2nc(-c3cc(C(=O)NCC4CCCO4)c(C)n3CC3CCCO3)cs2)cc1. The van der Waals surface area contributed by atoms with E-state index < -0.39 is 0 Å². The van der Waals surface area contributed by atoms with Crippen LogP contribution in [0, 0.1) is 6.92 Å². The maximum absolute atomic E-state index is 13.1. The van der Waals surface area contributed by atoms with Crippen LogP contribution in [0.1, 0.15) is 41.7 Å². The molecule has 2 atom stereocenters. The lowest BCUT2D eigenvalue weighted by Gasteiger charge is -2.16. The Balaban J connectivity index is 1.43. The van der Waals surface area contributed by atoms with Crippen molar-refractivity contribution in [3.05, 3.63) is 47.0 Å². The second kappa shape index (κ2) is 10.3. The third-order valence-corrected chi connectivity index (χ3v) is 7.53. The van der Waals surface area contributed by atoms with E-state index >= 15 is 0 Å². The highest BCUT2D eigenvalue weighted by Gasteiger charge is 2.25. The minimum absolute atomic E-state index is 0.0639. The molecule has 180 valence electrons. The molecular weight excluding hydrogens is 450 g/mol. The van der Waals surface area contributed by atoms with Gasteiger partial charge in [-0.3, -0.25) is 4.79 Å². The molecule has 1 aromatic carbocycles. The van der Waals surface area contributed by atoms with Crippen LogP contribution < -0.4 is 10.1 Å². The molecule has 2 fully saturated rings. The van der Waals surface area contributed by atoms with Crippen LogP contribution in [-0.2, 0) is 16.0 Å². The number of nitrogens with one attached hydrogen (secondary N) is 1. The Bertz CT molecular complexity index is 1130. The van der Waals surface area contributed by atoms with Crippen LogP contribution in [0.5, 0.6) is 5.75 Å². The van der Waals surface area contributed by atoms with Gasteiger partial charge in [-0.2, -0.15) is 0 Å². The summed E-state index contributed by atoms with van der Waals surface area (Å²) in [6.45, 7) is 4.85. The lowest BCUT2D eigenvalue weighted by atomic mass is 10.2. The van der Waals surface area contributed by atoms with Crippen molar-refractivity contribution in [3.8, 4) is 27.7 Å². The van der Waals surface area contributed by atoms with Crippen LogP contribution in [0.15, 0.2) is 35.7 Å². The van der Waals surface area contributed by atoms with Crippen molar-refractivity contribution in [1.82, 2.24) is 14.9 Å². The van der Waals surface area contributed by atoms with E-state index in [1.54, 1.807) is 18.4 Å². The normalized spacial score (nSPS) is 20.1. The standard InChI is InChI=1S/C26H31N3O4S/c1-17-22(25(30)27-14-20-5-3-11-32-20)13-24(29(17)15-21-6-4-12-33-21)23-16-34-26(28-23)18-7-9-19(31-2)10-8-18/h7-10,13,16,20-21H,3-6,11-12,14-15H2,1-2H3,(H,27,30). The predicted molar refractivity (Wildman–Crippen MR) is 133 cm³/mol. The van der Waals surface area contributed by atoms with E-state index in [0.717, 1.165) is 78.8 Å². The fraction of sp³-hybridized carbons (Fsp3) is 0.462. The predicted octanol–water partition coefficient (Wildman–Crippen LogP) is 4.68. The quantitative estimate of drug-likeness (QED) is 0.506. The van der Waals surface area contributed by atoms with Gasteiger partial charge in [0.25, 0.3) is 5.91 Å². The summed E-state index contributed by atoms with van der Waals surface area (Å²) in [5.41, 5.74) is 4.49. The maximum Gasteiger partial charge on any atom is 0.253 e. The molecule has 0 saturated carbocycles. The molecule has 4 heterocycles. The van der Waals surface area contributed by atoms with Crippen LogP contribution in [0.4, 0.5) is 0 Å². The molecule has 8 heteroatoms. The molecule has 0 spiro atoms. The summed E-state index contributed by atoms with van der Waals surface area (Å²) in [5, 5.41) is 6.07. The van der Waals surface area contributed by atoms with Crippen molar-refractivity contribution < 1.29 is 19.0 Å². The zero-order valence-corrected chi connectivity index (χ0v) is 20.5. The largest absolute Gasteiger partial charge is 0.497 e. The Kier molecular flexibility index (Phi) is 6.99. The van der Waals surface area contributed by atoms with Gasteiger partial charge in [0, 0.05) is 42.9 Å². The summed E-state index contributed by atoms with van der Waals surface area (Å²) in [4.78, 5) is 18.0. The second-order valence-electron chi connectivity index (χ2n) is 8.89. The van der Waals surface area contributed by atoms with E-state index in [9.17, 15) is 4.79 Å². The Hall–Kier alpha value is -2.68. The summed E-state index contributed by atoms with van der Waals surface area (Å²) in [7, 11) is 1.66. The van der Waals surface area contributed by atoms with Gasteiger partial charge in [0.2, 0.25) is 0 Å². The molecule has 1 N–H and O–H groups in total. The fourth-order valence-corrected chi connectivity index (χ4v) is 5.50. The minimum atomic E-state index is -0.0639. The number of nitrogens with zero attached hydrogens (tertiary/aromatic N) is 2. The maximum atomic E-state index is 13.1. The molecule has 5 rings (SSSR count). The first-order valence-corrected chi connectivity index (χ1v) is 12.8. The lowest BCUT2D eigenvalue weighted by Crippen LogP contribution is -2.32. The molecule has 2 aliphatic heterocycles. The Morgan fingerprint density at radius 3 is 2.59 bits per heavy atom. The van der Waals surface area contributed by atoms with Gasteiger partial charge >= 0.3 is 0 Å². The van der Waals surface area contributed by atoms with Crippen LogP contribution in [-0.4, -0.2) is 54.5 Å². The smallest absolute Gasteiger partial charge is 0.253 e. The van der Waals surface area contributed by atoms with Crippen molar-refractivity contribution >= 4 is 17.2 Å². The van der Waals surface area contributed by atoms with Crippen LogP contribution in [0.2, 0.25) is 0 Å². The van der Waals surface area contributed by atoms with Crippen LogP contribution in [0.3, 0.4) is 0 Å². The number of ether oxygens (including phenoxy) is 3. The molecule has 1 amide bonds. The van der Waals surface area contributed by atoms with Gasteiger partial charge in [-0.15, -0.1) is 11.3 Å². The summed E-state index contributed by atoms with van der Waals surface area (Å²) in [5.74, 6) is 0.756. The summed E-state index contributed by atoms with van der Waals surface area (Å²) < 4.78 is 19.0. The average Bonchev–Trinajstić information content (AvgIpc) is 3.66. The molecular formula is C26H31N3O4S. The third-order valence-electron chi connectivity index (χ3n) is 6.64. The number of aromatic nitrogens is 2. The number of hydrogen-bond donors (Lipinski definition) is 1.